The molecule has 1 aromatic heterocycles. The largest absolute Gasteiger partial charge is 0.476 e. The van der Waals surface area contributed by atoms with Gasteiger partial charge in [0.1, 0.15) is 5.69 Å². The standard InChI is InChI=1S/C11H16N4O3/c1-13-3-5-15(6-4-13)10(16)9-7-8(11(17)18)12-14(9)2/h7H,3-6H2,1-2H3,(H,17,18). The third kappa shape index (κ3) is 2.35. The van der Waals surface area contributed by atoms with Crippen molar-refractivity contribution in [2.75, 3.05) is 33.2 Å². The van der Waals surface area contributed by atoms with Gasteiger partial charge in [-0.1, -0.05) is 0 Å². The van der Waals surface area contributed by atoms with Crippen molar-refractivity contribution >= 4 is 11.9 Å². The van der Waals surface area contributed by atoms with E-state index in [1.165, 1.54) is 10.7 Å². The number of likely N-dealkylation sites (N-methyl/N-ethyl adjacent to an activating group) is 1. The molecule has 0 bridgehead atoms. The van der Waals surface area contributed by atoms with Gasteiger partial charge in [0.05, 0.1) is 0 Å². The molecule has 0 aliphatic carbocycles. The van der Waals surface area contributed by atoms with Crippen molar-refractivity contribution in [3.63, 3.8) is 0 Å². The third-order valence-electron chi connectivity index (χ3n) is 3.11. The smallest absolute Gasteiger partial charge is 0.356 e. The van der Waals surface area contributed by atoms with E-state index >= 15 is 0 Å². The molecule has 1 fully saturated rings. The highest BCUT2D eigenvalue weighted by molar-refractivity contribution is 5.95. The van der Waals surface area contributed by atoms with Crippen molar-refractivity contribution in [2.24, 2.45) is 7.05 Å². The molecule has 0 saturated carbocycles. The van der Waals surface area contributed by atoms with Crippen molar-refractivity contribution in [2.45, 2.75) is 0 Å². The van der Waals surface area contributed by atoms with Crippen LogP contribution in [0, 0.1) is 0 Å². The summed E-state index contributed by atoms with van der Waals surface area (Å²) in [5, 5.41) is 12.6. The molecule has 0 atom stereocenters. The Kier molecular flexibility index (Phi) is 3.33. The summed E-state index contributed by atoms with van der Waals surface area (Å²) in [6.45, 7) is 2.97. The van der Waals surface area contributed by atoms with Gasteiger partial charge in [0.25, 0.3) is 5.91 Å². The summed E-state index contributed by atoms with van der Waals surface area (Å²) in [5.41, 5.74) is 0.215. The zero-order chi connectivity index (χ0) is 13.3. The Labute approximate surface area is 105 Å². The number of carbonyl (C=O) groups excluding carboxylic acids is 1. The molecule has 1 amide bonds. The van der Waals surface area contributed by atoms with Crippen molar-refractivity contribution < 1.29 is 14.7 Å². The number of hydrogen-bond acceptors (Lipinski definition) is 4. The van der Waals surface area contributed by atoms with E-state index in [1.54, 1.807) is 11.9 Å². The summed E-state index contributed by atoms with van der Waals surface area (Å²) in [7, 11) is 3.59. The quantitative estimate of drug-likeness (QED) is 0.768. The maximum atomic E-state index is 12.2. The third-order valence-corrected chi connectivity index (χ3v) is 3.11. The van der Waals surface area contributed by atoms with Crippen LogP contribution in [-0.4, -0.2) is 69.8 Å². The van der Waals surface area contributed by atoms with Crippen LogP contribution in [0.2, 0.25) is 0 Å². The zero-order valence-corrected chi connectivity index (χ0v) is 10.5. The fourth-order valence-corrected chi connectivity index (χ4v) is 1.94. The first-order chi connectivity index (χ1) is 8.49. The number of rotatable bonds is 2. The van der Waals surface area contributed by atoms with Gasteiger partial charge < -0.3 is 14.9 Å². The van der Waals surface area contributed by atoms with Gasteiger partial charge in [-0.05, 0) is 7.05 Å². The topological polar surface area (TPSA) is 78.7 Å². The molecule has 1 aliphatic rings. The van der Waals surface area contributed by atoms with Crippen molar-refractivity contribution in [3.8, 4) is 0 Å². The highest BCUT2D eigenvalue weighted by Gasteiger charge is 2.24. The zero-order valence-electron chi connectivity index (χ0n) is 10.5. The molecule has 98 valence electrons. The molecule has 1 N–H and O–H groups in total. The summed E-state index contributed by atoms with van der Waals surface area (Å²) in [6, 6.07) is 1.32. The maximum Gasteiger partial charge on any atom is 0.356 e. The predicted molar refractivity (Wildman–Crippen MR) is 63.6 cm³/mol. The highest BCUT2D eigenvalue weighted by atomic mass is 16.4. The summed E-state index contributed by atoms with van der Waals surface area (Å²) in [6.07, 6.45) is 0. The van der Waals surface area contributed by atoms with Crippen molar-refractivity contribution in [3.05, 3.63) is 17.5 Å². The SMILES string of the molecule is CN1CCN(C(=O)c2cc(C(=O)O)nn2C)CC1. The average molecular weight is 252 g/mol. The molecular formula is C11H16N4O3. The Morgan fingerprint density at radius 1 is 1.22 bits per heavy atom. The molecule has 2 heterocycles. The number of hydrogen-bond donors (Lipinski definition) is 1. The number of aromatic nitrogens is 2. The molecule has 0 aromatic carbocycles. The van der Waals surface area contributed by atoms with Crippen LogP contribution in [0.4, 0.5) is 0 Å². The normalized spacial score (nSPS) is 16.9. The van der Waals surface area contributed by atoms with E-state index in [-0.39, 0.29) is 11.6 Å². The Morgan fingerprint density at radius 3 is 2.33 bits per heavy atom. The lowest BCUT2D eigenvalue weighted by molar-refractivity contribution is 0.0651. The van der Waals surface area contributed by atoms with Gasteiger partial charge in [0.2, 0.25) is 0 Å². The predicted octanol–water partition coefficient (Wildman–Crippen LogP) is -0.494. The lowest BCUT2D eigenvalue weighted by Gasteiger charge is -2.32. The summed E-state index contributed by atoms with van der Waals surface area (Å²) in [4.78, 5) is 26.9. The Morgan fingerprint density at radius 2 is 1.83 bits per heavy atom. The van der Waals surface area contributed by atoms with Crippen LogP contribution >= 0.6 is 0 Å². The molecule has 0 unspecified atom stereocenters. The number of nitrogens with zero attached hydrogens (tertiary/aromatic N) is 4. The second-order valence-electron chi connectivity index (χ2n) is 4.44. The van der Waals surface area contributed by atoms with Gasteiger partial charge in [-0.2, -0.15) is 5.10 Å². The van der Waals surface area contributed by atoms with Gasteiger partial charge in [-0.15, -0.1) is 0 Å². The summed E-state index contributed by atoms with van der Waals surface area (Å²) in [5.74, 6) is -1.28. The van der Waals surface area contributed by atoms with Crippen LogP contribution in [0.15, 0.2) is 6.07 Å². The van der Waals surface area contributed by atoms with Crippen LogP contribution in [-0.2, 0) is 7.05 Å². The van der Waals surface area contributed by atoms with Crippen LogP contribution in [0.3, 0.4) is 0 Å². The summed E-state index contributed by atoms with van der Waals surface area (Å²) >= 11 is 0. The molecular weight excluding hydrogens is 236 g/mol. The molecule has 7 heteroatoms. The highest BCUT2D eigenvalue weighted by Crippen LogP contribution is 2.09. The van der Waals surface area contributed by atoms with E-state index in [2.05, 4.69) is 10.00 Å². The van der Waals surface area contributed by atoms with E-state index < -0.39 is 5.97 Å². The number of amides is 1. The Hall–Kier alpha value is -1.89. The molecule has 1 aliphatic heterocycles. The first kappa shape index (κ1) is 12.6. The van der Waals surface area contributed by atoms with E-state index in [0.29, 0.717) is 18.8 Å². The fourth-order valence-electron chi connectivity index (χ4n) is 1.94. The van der Waals surface area contributed by atoms with Gasteiger partial charge >= 0.3 is 5.97 Å². The fraction of sp³-hybridized carbons (Fsp3) is 0.545. The molecule has 7 nitrogen and oxygen atoms in total. The molecule has 2 rings (SSSR count). The Balaban J connectivity index is 2.16. The number of aryl methyl sites for hydroxylation is 1. The van der Waals surface area contributed by atoms with E-state index in [4.69, 9.17) is 5.11 Å². The van der Waals surface area contributed by atoms with Crippen LogP contribution < -0.4 is 0 Å². The van der Waals surface area contributed by atoms with E-state index in [9.17, 15) is 9.59 Å². The average Bonchev–Trinajstić information content (AvgIpc) is 2.71. The van der Waals surface area contributed by atoms with Crippen LogP contribution in [0.1, 0.15) is 21.0 Å². The van der Waals surface area contributed by atoms with Crippen LogP contribution in [0.5, 0.6) is 0 Å². The van der Waals surface area contributed by atoms with Crippen LogP contribution in [0.25, 0.3) is 0 Å². The molecule has 0 radical (unpaired) electrons. The first-order valence-corrected chi connectivity index (χ1v) is 5.74. The second-order valence-corrected chi connectivity index (χ2v) is 4.44. The number of aromatic carboxylic acids is 1. The van der Waals surface area contributed by atoms with Gasteiger partial charge in [0.15, 0.2) is 5.69 Å². The molecule has 1 saturated heterocycles. The number of piperazine rings is 1. The van der Waals surface area contributed by atoms with Gasteiger partial charge in [0, 0.05) is 39.3 Å². The summed E-state index contributed by atoms with van der Waals surface area (Å²) < 4.78 is 1.32. The minimum absolute atomic E-state index is 0.102. The maximum absolute atomic E-state index is 12.2. The van der Waals surface area contributed by atoms with Crippen molar-refractivity contribution in [1.29, 1.82) is 0 Å². The van der Waals surface area contributed by atoms with E-state index in [1.807, 2.05) is 7.05 Å². The minimum Gasteiger partial charge on any atom is -0.476 e. The minimum atomic E-state index is -1.12. The number of carboxylic acid groups (broad SMARTS) is 1. The molecule has 1 aromatic rings. The monoisotopic (exact) mass is 252 g/mol. The number of carbonyl (C=O) groups is 2. The lowest BCUT2D eigenvalue weighted by atomic mass is 10.2. The van der Waals surface area contributed by atoms with Gasteiger partial charge in [-0.3, -0.25) is 9.48 Å². The van der Waals surface area contributed by atoms with Crippen molar-refractivity contribution in [1.82, 2.24) is 19.6 Å². The molecule has 18 heavy (non-hydrogen) atoms. The molecule has 0 spiro atoms. The number of carboxylic acids is 1. The first-order valence-electron chi connectivity index (χ1n) is 5.74. The van der Waals surface area contributed by atoms with E-state index in [0.717, 1.165) is 13.1 Å². The van der Waals surface area contributed by atoms with Gasteiger partial charge in [-0.25, -0.2) is 4.79 Å². The Bertz CT molecular complexity index is 475. The lowest BCUT2D eigenvalue weighted by Crippen LogP contribution is -2.47. The second kappa shape index (κ2) is 4.77.